The summed E-state index contributed by atoms with van der Waals surface area (Å²) in [5.41, 5.74) is 0. The molecule has 17 heavy (non-hydrogen) atoms. The van der Waals surface area contributed by atoms with E-state index in [2.05, 4.69) is 5.32 Å². The zero-order valence-electron chi connectivity index (χ0n) is 9.17. The predicted molar refractivity (Wildman–Crippen MR) is 47.1 cm³/mol. The van der Waals surface area contributed by atoms with Gasteiger partial charge < -0.3 is 10.4 Å². The third-order valence-electron chi connectivity index (χ3n) is 3.16. The Hall–Kier alpha value is -0.440. The maximum Gasteiger partial charge on any atom is 0.320 e. The summed E-state index contributed by atoms with van der Waals surface area (Å²) < 4.78 is 32.7. The van der Waals surface area contributed by atoms with E-state index in [-0.39, 0.29) is 6.04 Å². The SMILES string of the molecule is O=C(O)[C@@H]1C[C@@H]2CCCC[C@@H]2N1.[O-][Cl+3]([O-])([O-])O. The standard InChI is InChI=1S/C9H15NO2.ClHO4/c11-9(12)8-5-6-3-1-2-4-7(6)10-8;2-1(3,4)5/h6-8,10H,1-5H2,(H,11,12);(H,2,3,4,5)/t6-,7-,8-;/m0./s1. The van der Waals surface area contributed by atoms with E-state index in [1.807, 2.05) is 0 Å². The predicted octanol–water partition coefficient (Wildman–Crippen LogP) is -3.13. The van der Waals surface area contributed by atoms with Crippen molar-refractivity contribution in [1.82, 2.24) is 5.32 Å². The number of rotatable bonds is 1. The van der Waals surface area contributed by atoms with Crippen LogP contribution in [0.15, 0.2) is 0 Å². The van der Waals surface area contributed by atoms with Crippen molar-refractivity contribution in [3.05, 3.63) is 0 Å². The van der Waals surface area contributed by atoms with E-state index in [0.29, 0.717) is 12.0 Å². The number of carbonyl (C=O) groups is 1. The molecule has 0 bridgehead atoms. The first-order valence-corrected chi connectivity index (χ1v) is 6.66. The average Bonchev–Trinajstić information content (AvgIpc) is 2.58. The summed E-state index contributed by atoms with van der Waals surface area (Å²) in [5.74, 6) is -0.0377. The molecule has 1 heterocycles. The fourth-order valence-electron chi connectivity index (χ4n) is 2.51. The molecule has 0 unspecified atom stereocenters. The highest BCUT2D eigenvalue weighted by Gasteiger charge is 2.37. The zero-order chi connectivity index (χ0) is 13.1. The molecule has 1 aliphatic heterocycles. The third kappa shape index (κ3) is 5.62. The van der Waals surface area contributed by atoms with Gasteiger partial charge >= 0.3 is 5.97 Å². The highest BCUT2D eigenvalue weighted by molar-refractivity contribution is 5.74. The van der Waals surface area contributed by atoms with Crippen molar-refractivity contribution in [2.45, 2.75) is 44.2 Å². The fraction of sp³-hybridized carbons (Fsp3) is 0.889. The van der Waals surface area contributed by atoms with Crippen LogP contribution in [0.5, 0.6) is 0 Å². The topological polar surface area (TPSA) is 139 Å². The molecule has 0 aromatic heterocycles. The van der Waals surface area contributed by atoms with Crippen LogP contribution in [-0.4, -0.2) is 27.8 Å². The van der Waals surface area contributed by atoms with Crippen molar-refractivity contribution in [2.75, 3.05) is 0 Å². The lowest BCUT2D eigenvalue weighted by Crippen LogP contribution is -2.58. The lowest BCUT2D eigenvalue weighted by molar-refractivity contribution is -1.92. The summed E-state index contributed by atoms with van der Waals surface area (Å²) in [6, 6.07) is 0.234. The molecular weight excluding hydrogens is 254 g/mol. The van der Waals surface area contributed by atoms with Crippen LogP contribution in [0.3, 0.4) is 0 Å². The second kappa shape index (κ2) is 5.94. The molecule has 2 aliphatic rings. The molecule has 1 saturated heterocycles. The van der Waals surface area contributed by atoms with Gasteiger partial charge in [0.05, 0.1) is 14.9 Å². The Balaban J connectivity index is 0.000000249. The first-order chi connectivity index (χ1) is 7.77. The van der Waals surface area contributed by atoms with E-state index >= 15 is 0 Å². The molecular formula is C9H16ClNO6. The molecule has 7 nitrogen and oxygen atoms in total. The minimum Gasteiger partial charge on any atom is -0.480 e. The van der Waals surface area contributed by atoms with Gasteiger partial charge in [0, 0.05) is 6.04 Å². The van der Waals surface area contributed by atoms with E-state index in [9.17, 15) is 4.79 Å². The molecule has 3 N–H and O–H groups in total. The Bertz CT molecular complexity index is 249. The van der Waals surface area contributed by atoms with Crippen LogP contribution in [0.2, 0.25) is 0 Å². The van der Waals surface area contributed by atoms with Crippen molar-refractivity contribution in [3.63, 3.8) is 0 Å². The van der Waals surface area contributed by atoms with Gasteiger partial charge in [-0.15, -0.1) is 0 Å². The van der Waals surface area contributed by atoms with Crippen molar-refractivity contribution >= 4 is 5.97 Å². The number of aliphatic carboxylic acids is 1. The minimum atomic E-state index is -4.69. The number of hydrogen-bond donors (Lipinski definition) is 3. The largest absolute Gasteiger partial charge is 0.480 e. The van der Waals surface area contributed by atoms with Crippen LogP contribution in [0.4, 0.5) is 0 Å². The van der Waals surface area contributed by atoms with Crippen molar-refractivity contribution in [3.8, 4) is 0 Å². The number of halogens is 1. The van der Waals surface area contributed by atoms with E-state index in [1.54, 1.807) is 0 Å². The van der Waals surface area contributed by atoms with E-state index in [0.717, 1.165) is 6.42 Å². The van der Waals surface area contributed by atoms with Gasteiger partial charge in [0.25, 0.3) is 0 Å². The van der Waals surface area contributed by atoms with Crippen LogP contribution < -0.4 is 19.3 Å². The van der Waals surface area contributed by atoms with Crippen LogP contribution >= 0.6 is 0 Å². The van der Waals surface area contributed by atoms with Gasteiger partial charge in [0.15, 0.2) is 0 Å². The average molecular weight is 270 g/mol. The summed E-state index contributed by atoms with van der Waals surface area (Å²) in [5, 5.41) is 12.0. The molecule has 0 aromatic carbocycles. The van der Waals surface area contributed by atoms with Crippen LogP contribution in [0.25, 0.3) is 0 Å². The monoisotopic (exact) mass is 269 g/mol. The van der Waals surface area contributed by atoms with E-state index < -0.39 is 16.2 Å². The molecule has 100 valence electrons. The number of nitrogens with one attached hydrogen (secondary N) is 1. The van der Waals surface area contributed by atoms with Gasteiger partial charge in [-0.3, -0.25) is 4.79 Å². The molecule has 1 saturated carbocycles. The number of carboxylic acid groups (broad SMARTS) is 1. The van der Waals surface area contributed by atoms with E-state index in [4.69, 9.17) is 23.7 Å². The fourth-order valence-corrected chi connectivity index (χ4v) is 2.51. The quantitative estimate of drug-likeness (QED) is 0.457. The Labute approximate surface area is 101 Å². The maximum atomic E-state index is 10.7. The van der Waals surface area contributed by atoms with Crippen LogP contribution in [-0.2, 0) is 4.79 Å². The van der Waals surface area contributed by atoms with Gasteiger partial charge in [0.2, 0.25) is 0 Å². The summed E-state index contributed by atoms with van der Waals surface area (Å²) in [6.07, 6.45) is 5.80. The third-order valence-corrected chi connectivity index (χ3v) is 3.16. The van der Waals surface area contributed by atoms with Crippen molar-refractivity contribution < 1.29 is 38.8 Å². The number of carboxylic acids is 1. The Morgan fingerprint density at radius 3 is 2.24 bits per heavy atom. The van der Waals surface area contributed by atoms with Gasteiger partial charge in [-0.05, 0) is 25.2 Å². The molecule has 0 spiro atoms. The molecule has 0 radical (unpaired) electrons. The highest BCUT2D eigenvalue weighted by atomic mass is 35.7. The lowest BCUT2D eigenvalue weighted by Gasteiger charge is -2.24. The van der Waals surface area contributed by atoms with Gasteiger partial charge in [-0.1, -0.05) is 12.8 Å². The van der Waals surface area contributed by atoms with Gasteiger partial charge in [0.1, 0.15) is 6.04 Å². The minimum absolute atomic E-state index is 0.266. The molecule has 0 aromatic rings. The Kier molecular flexibility index (Phi) is 5.11. The molecule has 2 fully saturated rings. The molecule has 1 aliphatic carbocycles. The summed E-state index contributed by atoms with van der Waals surface area (Å²) in [6.45, 7) is 0. The van der Waals surface area contributed by atoms with Gasteiger partial charge in [-0.2, -0.15) is 14.0 Å². The molecule has 3 atom stereocenters. The zero-order valence-corrected chi connectivity index (χ0v) is 9.93. The summed E-state index contributed by atoms with van der Waals surface area (Å²) in [4.78, 5) is 10.7. The van der Waals surface area contributed by atoms with Crippen molar-refractivity contribution in [1.29, 1.82) is 0 Å². The smallest absolute Gasteiger partial charge is 0.320 e. The van der Waals surface area contributed by atoms with Crippen LogP contribution in [0, 0.1) is 16.2 Å². The number of fused-ring (bicyclic) bond motifs is 1. The highest BCUT2D eigenvalue weighted by Crippen LogP contribution is 2.33. The summed E-state index contributed by atoms with van der Waals surface area (Å²) in [7, 11) is -4.69. The van der Waals surface area contributed by atoms with Crippen molar-refractivity contribution in [2.24, 2.45) is 5.92 Å². The molecule has 2 rings (SSSR count). The normalized spacial score (nSPS) is 32.4. The number of hydrogen-bond acceptors (Lipinski definition) is 6. The first-order valence-electron chi connectivity index (χ1n) is 5.39. The first kappa shape index (κ1) is 14.6. The lowest BCUT2D eigenvalue weighted by atomic mass is 9.85. The second-order valence-corrected chi connectivity index (χ2v) is 5.13. The molecule has 8 heteroatoms. The molecule has 0 amide bonds. The second-order valence-electron chi connectivity index (χ2n) is 4.34. The maximum absolute atomic E-state index is 10.7. The van der Waals surface area contributed by atoms with Gasteiger partial charge in [-0.25, -0.2) is 0 Å². The Morgan fingerprint density at radius 1 is 1.24 bits per heavy atom. The Morgan fingerprint density at radius 2 is 1.76 bits per heavy atom. The van der Waals surface area contributed by atoms with Crippen LogP contribution in [0.1, 0.15) is 32.1 Å². The van der Waals surface area contributed by atoms with E-state index in [1.165, 1.54) is 25.7 Å². The summed E-state index contributed by atoms with van der Waals surface area (Å²) >= 11 is 0.